The van der Waals surface area contributed by atoms with Gasteiger partial charge in [0.25, 0.3) is 0 Å². The molecule has 0 unspecified atom stereocenters. The van der Waals surface area contributed by atoms with Gasteiger partial charge in [0.15, 0.2) is 0 Å². The number of fused-ring (bicyclic) bond motifs is 5. The van der Waals surface area contributed by atoms with Gasteiger partial charge in [-0.25, -0.2) is 4.98 Å². The smallest absolute Gasteiger partial charge is 0.135 e. The third-order valence-corrected chi connectivity index (χ3v) is 16.3. The molecule has 0 saturated carbocycles. The summed E-state index contributed by atoms with van der Waals surface area (Å²) in [5.74, 6) is 0.557. The number of benzene rings is 9. The number of aromatic nitrogens is 2. The van der Waals surface area contributed by atoms with Crippen molar-refractivity contribution in [3.8, 4) is 61.8 Å². The van der Waals surface area contributed by atoms with Crippen LogP contribution in [0.3, 0.4) is 0 Å². The molecule has 11 aromatic rings. The van der Waals surface area contributed by atoms with E-state index < -0.39 is 36.1 Å². The number of nitrogens with zero attached hydrogens (tertiary/aromatic N) is 4. The Morgan fingerprint density at radius 2 is 1.29 bits per heavy atom. The Bertz CT molecular complexity index is 4980. The molecule has 1 aliphatic heterocycles. The van der Waals surface area contributed by atoms with Crippen LogP contribution in [0.25, 0.3) is 72.1 Å². The minimum atomic E-state index is -2.60. The Labute approximate surface area is 530 Å². The monoisotopic (exact) mass is 1290 g/mol. The molecule has 0 radical (unpaired) electrons. The molecule has 13 rings (SSSR count). The summed E-state index contributed by atoms with van der Waals surface area (Å²) in [4.78, 5) is 8.78. The predicted molar refractivity (Wildman–Crippen MR) is 348 cm³/mol. The second-order valence-electron chi connectivity index (χ2n) is 25.3. The summed E-state index contributed by atoms with van der Waals surface area (Å²) >= 11 is 0. The van der Waals surface area contributed by atoms with Crippen LogP contribution in [-0.2, 0) is 43.7 Å². The maximum Gasteiger partial charge on any atom is 0.135 e. The summed E-state index contributed by atoms with van der Waals surface area (Å²) in [5.41, 5.74) is 8.91. The van der Waals surface area contributed by atoms with Crippen molar-refractivity contribution >= 4 is 44.6 Å². The Morgan fingerprint density at radius 1 is 0.607 bits per heavy atom. The molecule has 424 valence electrons. The van der Waals surface area contributed by atoms with Crippen LogP contribution in [0.4, 0.5) is 22.7 Å². The van der Waals surface area contributed by atoms with Gasteiger partial charge in [-0.2, -0.15) is 12.1 Å². The Hall–Kier alpha value is -7.98. The third kappa shape index (κ3) is 10.6. The first kappa shape index (κ1) is 42.8. The number of para-hydroxylation sites is 4. The van der Waals surface area contributed by atoms with Crippen LogP contribution in [0.15, 0.2) is 200 Å². The van der Waals surface area contributed by atoms with E-state index in [0.29, 0.717) is 44.6 Å². The van der Waals surface area contributed by atoms with E-state index >= 15 is 0 Å². The number of ether oxygens (including phenoxy) is 1. The molecule has 0 fully saturated rings. The van der Waals surface area contributed by atoms with E-state index in [2.05, 4.69) is 58.0 Å². The van der Waals surface area contributed by atoms with Crippen LogP contribution in [-0.4, -0.2) is 9.55 Å². The molecule has 0 saturated heterocycles. The number of hydrogen-bond donors (Lipinski definition) is 0. The minimum absolute atomic E-state index is 0. The van der Waals surface area contributed by atoms with Gasteiger partial charge in [0.1, 0.15) is 5.82 Å². The topological polar surface area (TPSA) is 33.5 Å². The molecule has 9 aromatic carbocycles. The summed E-state index contributed by atoms with van der Waals surface area (Å²) in [5, 5.41) is 0.603. The maximum absolute atomic E-state index is 10.1. The van der Waals surface area contributed by atoms with E-state index in [-0.39, 0.29) is 119 Å². The zero-order valence-electron chi connectivity index (χ0n) is 61.9. The molecule has 2 aliphatic rings. The molecule has 0 N–H and O–H groups in total. The molecule has 0 amide bonds. The first-order chi connectivity index (χ1) is 45.1. The van der Waals surface area contributed by atoms with Crippen molar-refractivity contribution in [2.75, 3.05) is 9.80 Å². The van der Waals surface area contributed by atoms with Crippen LogP contribution in [0, 0.1) is 31.1 Å². The van der Waals surface area contributed by atoms with Gasteiger partial charge in [-0.15, -0.1) is 48.1 Å². The van der Waals surface area contributed by atoms with Crippen molar-refractivity contribution in [1.82, 2.24) is 9.55 Å². The first-order valence-electron chi connectivity index (χ1n) is 34.9. The fourth-order valence-corrected chi connectivity index (χ4v) is 11.9. The van der Waals surface area contributed by atoms with Gasteiger partial charge in [-0.05, 0) is 133 Å². The molecule has 0 bridgehead atoms. The summed E-state index contributed by atoms with van der Waals surface area (Å²) in [6.45, 7) is 20.1. The minimum Gasteiger partial charge on any atom is -0.509 e. The van der Waals surface area contributed by atoms with E-state index in [1.54, 1.807) is 36.4 Å². The Morgan fingerprint density at radius 3 is 2.02 bits per heavy atom. The van der Waals surface area contributed by atoms with Crippen LogP contribution in [0.5, 0.6) is 11.5 Å². The predicted octanol–water partition coefficient (Wildman–Crippen LogP) is 21.2. The van der Waals surface area contributed by atoms with Gasteiger partial charge in [-0.1, -0.05) is 214 Å². The van der Waals surface area contributed by atoms with Gasteiger partial charge in [0.05, 0.1) is 11.0 Å². The molecule has 84 heavy (non-hydrogen) atoms. The molecule has 0 atom stereocenters. The molecule has 6 heteroatoms. The molecule has 3 heterocycles. The number of rotatable bonds is 10. The molecule has 5 nitrogen and oxygen atoms in total. The van der Waals surface area contributed by atoms with Gasteiger partial charge in [0.2, 0.25) is 0 Å². The van der Waals surface area contributed by atoms with E-state index in [0.717, 1.165) is 40.9 Å². The average molecular weight is 1290 g/mol. The standard InChI is InChI=1S/C78H73N4O.Pt/c1-51-41-73(79-49-66(51)54-21-13-12-14-22-54)82-69-28-16-15-25-64(69)65-37-36-61(47-72(65)82)83-60-24-19-23-59(46-60)80-50-81(71-30-18-17-29-70(71)80)74-62(26-20-27-63(74)56-35-38-67-68(45-56)78(10,11)40-39-77(67,8)9)55-33-31-53(32-34-55)57-42-52(48-75(2,3)4)43-58(44-57)76(5,6)7;/h12-38,41-45,49-50H,39-40,48H2,1-11H3;/q-3;/i1D3,15D,16D,25D,28D,31D,32D,33D,34D,48D2;. The van der Waals surface area contributed by atoms with Crippen molar-refractivity contribution in [3.63, 3.8) is 0 Å². The number of anilines is 4. The summed E-state index contributed by atoms with van der Waals surface area (Å²) < 4.78 is 128. The van der Waals surface area contributed by atoms with Crippen LogP contribution in [0.2, 0.25) is 0 Å². The Balaban J connectivity index is 0.00000897. The van der Waals surface area contributed by atoms with Crippen LogP contribution >= 0.6 is 0 Å². The molecular formula is C78H73N4OPt-3. The second kappa shape index (κ2) is 21.6. The number of pyridine rings is 1. The van der Waals surface area contributed by atoms with Gasteiger partial charge in [-0.3, -0.25) is 0 Å². The molecular weight excluding hydrogens is 1200 g/mol. The fraction of sp³-hybridized carbons (Fsp3) is 0.231. The zero-order chi connectivity index (χ0) is 68.8. The van der Waals surface area contributed by atoms with E-state index in [1.807, 2.05) is 143 Å². The molecule has 0 spiro atoms. The number of aryl methyl sites for hydroxylation is 1. The van der Waals surface area contributed by atoms with E-state index in [4.69, 9.17) is 17.9 Å². The van der Waals surface area contributed by atoms with E-state index in [9.17, 15) is 9.60 Å². The quantitative estimate of drug-likeness (QED) is 0.128. The van der Waals surface area contributed by atoms with Crippen molar-refractivity contribution < 1.29 is 43.6 Å². The first-order valence-corrected chi connectivity index (χ1v) is 28.4. The second-order valence-corrected chi connectivity index (χ2v) is 25.3. The maximum atomic E-state index is 10.1. The molecule has 1 aliphatic carbocycles. The van der Waals surface area contributed by atoms with Crippen molar-refractivity contribution in [2.24, 2.45) is 5.41 Å². The van der Waals surface area contributed by atoms with Gasteiger partial charge < -0.3 is 19.1 Å². The normalized spacial score (nSPS) is 17.1. The average Bonchev–Trinajstić information content (AvgIpc) is 1.63. The van der Waals surface area contributed by atoms with Crippen molar-refractivity contribution in [3.05, 3.63) is 247 Å². The van der Waals surface area contributed by atoms with E-state index in [1.165, 1.54) is 28.0 Å². The van der Waals surface area contributed by atoms with Crippen molar-refractivity contribution in [2.45, 2.75) is 112 Å². The van der Waals surface area contributed by atoms with Gasteiger partial charge >= 0.3 is 0 Å². The number of hydrogen-bond acceptors (Lipinski definition) is 4. The van der Waals surface area contributed by atoms with Gasteiger partial charge in [0, 0.05) is 84.9 Å². The molecule has 2 aromatic heterocycles. The Kier molecular flexibility index (Phi) is 11.0. The largest absolute Gasteiger partial charge is 0.509 e. The third-order valence-electron chi connectivity index (χ3n) is 16.3. The van der Waals surface area contributed by atoms with Crippen LogP contribution in [0.1, 0.15) is 128 Å². The van der Waals surface area contributed by atoms with Crippen molar-refractivity contribution in [1.29, 1.82) is 0 Å². The summed E-state index contributed by atoms with van der Waals surface area (Å²) in [6.07, 6.45) is 1.66. The zero-order valence-corrected chi connectivity index (χ0v) is 51.2. The SMILES string of the molecule is [2H]c1c([2H])c(-c2cccc(-c3ccc4c(c3)C(C)(C)CCC4(C)C)c2N2[CH-]N(c3[c-]c(Oc4[c-]c5c(cc4)c4c([2H])c([2H])c([2H])c([2H])c4n5-c4cc(C([2H])([2H])[2H])c(-c5ccccc5)cn4)ccc3)c3ccccc32)c([2H])c([2H])c1-c1cc(C(C)(C)C)cc(C([2H])([2H])C(C)(C)C)c1.[Pt]. The summed E-state index contributed by atoms with van der Waals surface area (Å²) in [6, 6.07) is 49.3. The van der Waals surface area contributed by atoms with Crippen LogP contribution < -0.4 is 14.5 Å². The summed E-state index contributed by atoms with van der Waals surface area (Å²) in [7, 11) is 0. The fourth-order valence-electron chi connectivity index (χ4n) is 11.9.